The fourth-order valence-electron chi connectivity index (χ4n) is 1.70. The highest BCUT2D eigenvalue weighted by Crippen LogP contribution is 2.32. The average molecular weight is 334 g/mol. The summed E-state index contributed by atoms with van der Waals surface area (Å²) in [5.41, 5.74) is 7.50. The third-order valence-corrected chi connectivity index (χ3v) is 4.14. The third kappa shape index (κ3) is 3.65. The van der Waals surface area contributed by atoms with Gasteiger partial charge in [-0.1, -0.05) is 23.2 Å². The van der Waals surface area contributed by atoms with E-state index in [9.17, 15) is 8.42 Å². The second-order valence-electron chi connectivity index (χ2n) is 4.45. The summed E-state index contributed by atoms with van der Waals surface area (Å²) in [7, 11) is -3.05. The van der Waals surface area contributed by atoms with Gasteiger partial charge in [0.2, 0.25) is 0 Å². The first kappa shape index (κ1) is 15.2. The number of hydrogen-bond acceptors (Lipinski definition) is 4. The van der Waals surface area contributed by atoms with Gasteiger partial charge < -0.3 is 5.73 Å². The number of halogens is 2. The smallest absolute Gasteiger partial charge is 0.149 e. The molecule has 1 aromatic heterocycles. The lowest BCUT2D eigenvalue weighted by molar-refractivity contribution is 0.586. The van der Waals surface area contributed by atoms with E-state index < -0.39 is 9.84 Å². The van der Waals surface area contributed by atoms with Gasteiger partial charge in [-0.15, -0.1) is 0 Å². The second kappa shape index (κ2) is 5.63. The molecule has 2 aromatic rings. The van der Waals surface area contributed by atoms with Gasteiger partial charge >= 0.3 is 0 Å². The van der Waals surface area contributed by atoms with Gasteiger partial charge in [0.05, 0.1) is 23.0 Å². The van der Waals surface area contributed by atoms with E-state index in [1.807, 2.05) is 0 Å². The number of sulfone groups is 1. The van der Waals surface area contributed by atoms with Crippen LogP contribution in [0.25, 0.3) is 11.3 Å². The van der Waals surface area contributed by atoms with Crippen molar-refractivity contribution in [3.8, 4) is 11.3 Å². The molecule has 0 fully saturated rings. The van der Waals surface area contributed by atoms with Crippen molar-refractivity contribution in [2.75, 3.05) is 17.7 Å². The highest BCUT2D eigenvalue weighted by molar-refractivity contribution is 7.90. The van der Waals surface area contributed by atoms with Crippen molar-refractivity contribution in [1.29, 1.82) is 0 Å². The molecule has 0 radical (unpaired) electrons. The number of anilines is 1. The summed E-state index contributed by atoms with van der Waals surface area (Å²) in [4.78, 5) is 0. The minimum atomic E-state index is -3.05. The zero-order chi connectivity index (χ0) is 14.9. The Labute approximate surface area is 127 Å². The Morgan fingerprint density at radius 3 is 2.65 bits per heavy atom. The average Bonchev–Trinajstić information content (AvgIpc) is 2.67. The molecule has 0 atom stereocenters. The third-order valence-electron chi connectivity index (χ3n) is 2.67. The number of aryl methyl sites for hydroxylation is 1. The lowest BCUT2D eigenvalue weighted by Gasteiger charge is -2.03. The minimum absolute atomic E-state index is 0.00189. The Balaban J connectivity index is 2.32. The molecule has 108 valence electrons. The molecule has 2 rings (SSSR count). The van der Waals surface area contributed by atoms with Gasteiger partial charge in [0, 0.05) is 23.0 Å². The van der Waals surface area contributed by atoms with Gasteiger partial charge in [-0.2, -0.15) is 5.10 Å². The quantitative estimate of drug-likeness (QED) is 0.932. The maximum Gasteiger partial charge on any atom is 0.149 e. The number of hydrogen-bond donors (Lipinski definition) is 1. The molecule has 1 aromatic carbocycles. The van der Waals surface area contributed by atoms with Crippen molar-refractivity contribution in [3.63, 3.8) is 0 Å². The van der Waals surface area contributed by atoms with E-state index in [-0.39, 0.29) is 12.3 Å². The standard InChI is InChI=1S/C12H13Cl2N3O2S/c1-20(18,19)5-4-17-7-11(15)12(16-17)9-3-2-8(13)6-10(9)14/h2-3,6-7H,4-5,15H2,1H3. The van der Waals surface area contributed by atoms with E-state index in [1.165, 1.54) is 10.9 Å². The van der Waals surface area contributed by atoms with Crippen LogP contribution in [-0.4, -0.2) is 30.2 Å². The highest BCUT2D eigenvalue weighted by atomic mass is 35.5. The Morgan fingerprint density at radius 2 is 2.05 bits per heavy atom. The maximum atomic E-state index is 11.1. The molecule has 20 heavy (non-hydrogen) atoms. The summed E-state index contributed by atoms with van der Waals surface area (Å²) in [6.07, 6.45) is 2.77. The van der Waals surface area contributed by atoms with E-state index in [2.05, 4.69) is 5.10 Å². The first-order chi connectivity index (χ1) is 9.26. The van der Waals surface area contributed by atoms with Crippen molar-refractivity contribution in [1.82, 2.24) is 9.78 Å². The molecule has 0 spiro atoms. The lowest BCUT2D eigenvalue weighted by Crippen LogP contribution is -2.11. The molecule has 0 aliphatic carbocycles. The van der Waals surface area contributed by atoms with Crippen molar-refractivity contribution in [3.05, 3.63) is 34.4 Å². The largest absolute Gasteiger partial charge is 0.396 e. The van der Waals surface area contributed by atoms with Gasteiger partial charge in [0.25, 0.3) is 0 Å². The van der Waals surface area contributed by atoms with Crippen LogP contribution in [0.2, 0.25) is 10.0 Å². The molecule has 0 aliphatic rings. The maximum absolute atomic E-state index is 11.1. The van der Waals surface area contributed by atoms with Crippen LogP contribution in [0.5, 0.6) is 0 Å². The van der Waals surface area contributed by atoms with Crippen LogP contribution in [0.4, 0.5) is 5.69 Å². The van der Waals surface area contributed by atoms with Crippen molar-refractivity contribution in [2.45, 2.75) is 6.54 Å². The van der Waals surface area contributed by atoms with Crippen LogP contribution in [0, 0.1) is 0 Å². The molecule has 1 heterocycles. The summed E-state index contributed by atoms with van der Waals surface area (Å²) in [6, 6.07) is 5.02. The molecule has 0 unspecified atom stereocenters. The molecule has 0 saturated heterocycles. The zero-order valence-corrected chi connectivity index (χ0v) is 13.0. The molecular formula is C12H13Cl2N3O2S. The summed E-state index contributed by atoms with van der Waals surface area (Å²) in [6.45, 7) is 0.244. The summed E-state index contributed by atoms with van der Waals surface area (Å²) < 4.78 is 23.8. The van der Waals surface area contributed by atoms with E-state index in [1.54, 1.807) is 24.4 Å². The Kier molecular flexibility index (Phi) is 4.27. The van der Waals surface area contributed by atoms with Crippen LogP contribution in [0.1, 0.15) is 0 Å². The number of benzene rings is 1. The molecule has 0 bridgehead atoms. The minimum Gasteiger partial charge on any atom is -0.396 e. The van der Waals surface area contributed by atoms with Crippen LogP contribution in [0.15, 0.2) is 24.4 Å². The number of nitrogen functional groups attached to an aromatic ring is 1. The van der Waals surface area contributed by atoms with Crippen LogP contribution < -0.4 is 5.73 Å². The van der Waals surface area contributed by atoms with Crippen molar-refractivity contribution >= 4 is 38.7 Å². The summed E-state index contributed by atoms with van der Waals surface area (Å²) in [5.74, 6) is 0.00189. The molecule has 0 saturated carbocycles. The van der Waals surface area contributed by atoms with E-state index in [4.69, 9.17) is 28.9 Å². The fraction of sp³-hybridized carbons (Fsp3) is 0.250. The molecule has 5 nitrogen and oxygen atoms in total. The molecule has 8 heteroatoms. The molecular weight excluding hydrogens is 321 g/mol. The summed E-state index contributed by atoms with van der Waals surface area (Å²) >= 11 is 12.0. The van der Waals surface area contributed by atoms with Crippen LogP contribution in [0.3, 0.4) is 0 Å². The lowest BCUT2D eigenvalue weighted by atomic mass is 10.1. The number of aromatic nitrogens is 2. The predicted octanol–water partition coefficient (Wildman–Crippen LogP) is 2.48. The van der Waals surface area contributed by atoms with Gasteiger partial charge in [-0.05, 0) is 18.2 Å². The first-order valence-corrected chi connectivity index (χ1v) is 8.54. The highest BCUT2D eigenvalue weighted by Gasteiger charge is 2.13. The Hall–Kier alpha value is -1.24. The monoisotopic (exact) mass is 333 g/mol. The van der Waals surface area contributed by atoms with Gasteiger partial charge in [0.15, 0.2) is 0 Å². The normalized spacial score (nSPS) is 11.8. The molecule has 2 N–H and O–H groups in total. The van der Waals surface area contributed by atoms with Gasteiger partial charge in [0.1, 0.15) is 15.5 Å². The van der Waals surface area contributed by atoms with Crippen molar-refractivity contribution in [2.24, 2.45) is 0 Å². The van der Waals surface area contributed by atoms with Gasteiger partial charge in [-0.25, -0.2) is 8.42 Å². The predicted molar refractivity (Wildman–Crippen MR) is 81.8 cm³/mol. The molecule has 0 amide bonds. The topological polar surface area (TPSA) is 78.0 Å². The van der Waals surface area contributed by atoms with Crippen LogP contribution in [-0.2, 0) is 16.4 Å². The van der Waals surface area contributed by atoms with E-state index >= 15 is 0 Å². The number of nitrogens with zero attached hydrogens (tertiary/aromatic N) is 2. The van der Waals surface area contributed by atoms with Crippen LogP contribution >= 0.6 is 23.2 Å². The van der Waals surface area contributed by atoms with Gasteiger partial charge in [-0.3, -0.25) is 4.68 Å². The Morgan fingerprint density at radius 1 is 1.35 bits per heavy atom. The second-order valence-corrected chi connectivity index (χ2v) is 7.55. The summed E-state index contributed by atoms with van der Waals surface area (Å²) in [5, 5.41) is 5.24. The SMILES string of the molecule is CS(=O)(=O)CCn1cc(N)c(-c2ccc(Cl)cc2Cl)n1. The Bertz CT molecular complexity index is 741. The first-order valence-electron chi connectivity index (χ1n) is 5.72. The number of rotatable bonds is 4. The van der Waals surface area contributed by atoms with E-state index in [0.717, 1.165) is 0 Å². The number of nitrogens with two attached hydrogens (primary N) is 1. The van der Waals surface area contributed by atoms with E-state index in [0.29, 0.717) is 27.0 Å². The zero-order valence-electron chi connectivity index (χ0n) is 10.7. The van der Waals surface area contributed by atoms with Crippen molar-refractivity contribution < 1.29 is 8.42 Å². The molecule has 0 aliphatic heterocycles. The fourth-order valence-corrected chi connectivity index (χ4v) is 2.72.